The summed E-state index contributed by atoms with van der Waals surface area (Å²) in [5.41, 5.74) is 2.85. The SMILES string of the molecule is CC1=C(C(=O)OCc2ccccc2)[C@@H](c2ccc(Cl)cc2)C(C#N)=C(SCC(=O)Nc2ccc([N+](=O)[O-])cc2)N1. The Balaban J connectivity index is 1.56. The van der Waals surface area contributed by atoms with Gasteiger partial charge in [-0.05, 0) is 42.3 Å². The summed E-state index contributed by atoms with van der Waals surface area (Å²) in [4.78, 5) is 36.3. The summed E-state index contributed by atoms with van der Waals surface area (Å²) >= 11 is 7.20. The number of nitro groups is 1. The molecule has 2 N–H and O–H groups in total. The zero-order chi connectivity index (χ0) is 28.6. The monoisotopic (exact) mass is 574 g/mol. The van der Waals surface area contributed by atoms with Gasteiger partial charge in [-0.3, -0.25) is 14.9 Å². The number of ether oxygens (including phenoxy) is 1. The highest BCUT2D eigenvalue weighted by Crippen LogP contribution is 2.41. The van der Waals surface area contributed by atoms with Gasteiger partial charge in [0, 0.05) is 28.5 Å². The first-order valence-corrected chi connectivity index (χ1v) is 13.4. The molecule has 1 atom stereocenters. The Bertz CT molecular complexity index is 1530. The standard InChI is InChI=1S/C29H23ClN4O5S/c1-18-26(29(36)39-16-19-5-3-2-4-6-19)27(20-7-9-21(30)10-8-20)24(15-31)28(32-18)40-17-25(35)33-22-11-13-23(14-12-22)34(37)38/h2-14,27,32H,16-17H2,1H3,(H,33,35)/t27-/m0/s1. The third kappa shape index (κ3) is 6.88. The number of hydrogen-bond donors (Lipinski definition) is 2. The minimum atomic E-state index is -0.743. The van der Waals surface area contributed by atoms with Crippen molar-refractivity contribution in [1.82, 2.24) is 5.32 Å². The summed E-state index contributed by atoms with van der Waals surface area (Å²) < 4.78 is 5.62. The van der Waals surface area contributed by atoms with Crippen molar-refractivity contribution in [2.45, 2.75) is 19.4 Å². The van der Waals surface area contributed by atoms with E-state index in [1.165, 1.54) is 24.3 Å². The normalized spacial score (nSPS) is 14.7. The van der Waals surface area contributed by atoms with Crippen LogP contribution >= 0.6 is 23.4 Å². The van der Waals surface area contributed by atoms with Gasteiger partial charge < -0.3 is 15.4 Å². The molecule has 1 amide bonds. The molecular weight excluding hydrogens is 552 g/mol. The van der Waals surface area contributed by atoms with Crippen molar-refractivity contribution in [3.63, 3.8) is 0 Å². The molecule has 0 fully saturated rings. The highest BCUT2D eigenvalue weighted by Gasteiger charge is 2.35. The van der Waals surface area contributed by atoms with Crippen LogP contribution in [0.4, 0.5) is 11.4 Å². The molecule has 1 aliphatic heterocycles. The number of nitriles is 1. The number of dihydropyridines is 1. The first-order valence-electron chi connectivity index (χ1n) is 12.0. The predicted octanol–water partition coefficient (Wildman–Crippen LogP) is 6.06. The molecular formula is C29H23ClN4O5S. The van der Waals surface area contributed by atoms with Crippen molar-refractivity contribution in [2.24, 2.45) is 0 Å². The summed E-state index contributed by atoms with van der Waals surface area (Å²) in [5.74, 6) is -1.74. The predicted molar refractivity (Wildman–Crippen MR) is 153 cm³/mol. The highest BCUT2D eigenvalue weighted by atomic mass is 35.5. The zero-order valence-corrected chi connectivity index (χ0v) is 22.8. The van der Waals surface area contributed by atoms with E-state index in [4.69, 9.17) is 16.3 Å². The number of rotatable bonds is 9. The number of nitrogens with zero attached hydrogens (tertiary/aromatic N) is 2. The number of allylic oxidation sites excluding steroid dienone is 2. The average molecular weight is 575 g/mol. The largest absolute Gasteiger partial charge is 0.457 e. The highest BCUT2D eigenvalue weighted by molar-refractivity contribution is 8.03. The summed E-state index contributed by atoms with van der Waals surface area (Å²) in [6.07, 6.45) is 0. The number of nitrogens with one attached hydrogen (secondary N) is 2. The molecule has 0 saturated carbocycles. The fourth-order valence-corrected chi connectivity index (χ4v) is 5.11. The number of nitro benzene ring substituents is 1. The van der Waals surface area contributed by atoms with Gasteiger partial charge in [0.15, 0.2) is 0 Å². The van der Waals surface area contributed by atoms with Gasteiger partial charge in [0.2, 0.25) is 5.91 Å². The fraction of sp³-hybridized carbons (Fsp3) is 0.138. The van der Waals surface area contributed by atoms with Crippen LogP contribution in [0.25, 0.3) is 0 Å². The zero-order valence-electron chi connectivity index (χ0n) is 21.2. The second-order valence-corrected chi connectivity index (χ2v) is 10.1. The quantitative estimate of drug-likeness (QED) is 0.179. The van der Waals surface area contributed by atoms with Gasteiger partial charge >= 0.3 is 5.97 Å². The van der Waals surface area contributed by atoms with Crippen molar-refractivity contribution < 1.29 is 19.2 Å². The smallest absolute Gasteiger partial charge is 0.337 e. The second kappa shape index (κ2) is 13.0. The lowest BCUT2D eigenvalue weighted by Crippen LogP contribution is -2.29. The number of carbonyl (C=O) groups is 2. The van der Waals surface area contributed by atoms with E-state index >= 15 is 0 Å². The number of amides is 1. The minimum absolute atomic E-state index is 0.0566. The molecule has 1 aliphatic rings. The van der Waals surface area contributed by atoms with Gasteiger partial charge in [0.05, 0.1) is 38.8 Å². The van der Waals surface area contributed by atoms with Gasteiger partial charge in [-0.2, -0.15) is 5.26 Å². The van der Waals surface area contributed by atoms with Gasteiger partial charge in [0.25, 0.3) is 5.69 Å². The lowest BCUT2D eigenvalue weighted by atomic mass is 9.82. The fourth-order valence-electron chi connectivity index (χ4n) is 4.09. The summed E-state index contributed by atoms with van der Waals surface area (Å²) in [5, 5.41) is 27.8. The van der Waals surface area contributed by atoms with Gasteiger partial charge in [-0.1, -0.05) is 65.8 Å². The molecule has 0 saturated heterocycles. The molecule has 0 unspecified atom stereocenters. The van der Waals surface area contributed by atoms with Crippen LogP contribution in [-0.4, -0.2) is 22.6 Å². The van der Waals surface area contributed by atoms with E-state index in [2.05, 4.69) is 16.7 Å². The third-order valence-corrected chi connectivity index (χ3v) is 7.26. The van der Waals surface area contributed by atoms with Crippen LogP contribution in [-0.2, 0) is 20.9 Å². The molecule has 0 aromatic heterocycles. The minimum Gasteiger partial charge on any atom is -0.457 e. The van der Waals surface area contributed by atoms with E-state index in [0.29, 0.717) is 27.0 Å². The summed E-state index contributed by atoms with van der Waals surface area (Å²) in [6.45, 7) is 1.79. The van der Waals surface area contributed by atoms with Crippen molar-refractivity contribution in [2.75, 3.05) is 11.1 Å². The van der Waals surface area contributed by atoms with Crippen molar-refractivity contribution >= 4 is 46.6 Å². The number of benzene rings is 3. The maximum Gasteiger partial charge on any atom is 0.337 e. The second-order valence-electron chi connectivity index (χ2n) is 8.71. The molecule has 202 valence electrons. The number of carbonyl (C=O) groups excluding carboxylic acids is 2. The maximum atomic E-state index is 13.3. The number of hydrogen-bond acceptors (Lipinski definition) is 8. The Morgan fingerprint density at radius 1 is 1.10 bits per heavy atom. The van der Waals surface area contributed by atoms with Crippen LogP contribution in [0.15, 0.2) is 101 Å². The molecule has 4 rings (SSSR count). The van der Waals surface area contributed by atoms with E-state index in [1.807, 2.05) is 30.3 Å². The number of anilines is 1. The molecule has 3 aromatic carbocycles. The van der Waals surface area contributed by atoms with E-state index in [1.54, 1.807) is 31.2 Å². The molecule has 3 aromatic rings. The molecule has 0 radical (unpaired) electrons. The van der Waals surface area contributed by atoms with Crippen LogP contribution in [0.5, 0.6) is 0 Å². The number of halogens is 1. The van der Waals surface area contributed by atoms with Gasteiger partial charge in [0.1, 0.15) is 6.61 Å². The number of esters is 1. The van der Waals surface area contributed by atoms with E-state index in [9.17, 15) is 25.0 Å². The van der Waals surface area contributed by atoms with Gasteiger partial charge in [-0.15, -0.1) is 0 Å². The van der Waals surface area contributed by atoms with Crippen molar-refractivity contribution in [3.05, 3.63) is 127 Å². The van der Waals surface area contributed by atoms with Crippen LogP contribution < -0.4 is 10.6 Å². The number of thioether (sulfide) groups is 1. The lowest BCUT2D eigenvalue weighted by molar-refractivity contribution is -0.384. The van der Waals surface area contributed by atoms with E-state index in [-0.39, 0.29) is 35.1 Å². The van der Waals surface area contributed by atoms with E-state index in [0.717, 1.165) is 17.3 Å². The topological polar surface area (TPSA) is 134 Å². The Kier molecular flexibility index (Phi) is 9.22. The third-order valence-electron chi connectivity index (χ3n) is 5.99. The molecule has 0 bridgehead atoms. The van der Waals surface area contributed by atoms with Crippen LogP contribution in [0.2, 0.25) is 5.02 Å². The van der Waals surface area contributed by atoms with Crippen molar-refractivity contribution in [1.29, 1.82) is 5.26 Å². The molecule has 0 aliphatic carbocycles. The van der Waals surface area contributed by atoms with Crippen LogP contribution in [0.3, 0.4) is 0 Å². The van der Waals surface area contributed by atoms with Crippen LogP contribution in [0, 0.1) is 21.4 Å². The Labute approximate surface area is 239 Å². The Morgan fingerprint density at radius 3 is 2.40 bits per heavy atom. The lowest BCUT2D eigenvalue weighted by Gasteiger charge is -2.29. The van der Waals surface area contributed by atoms with Crippen LogP contribution in [0.1, 0.15) is 24.0 Å². The number of non-ortho nitro benzene ring substituents is 1. The first kappa shape index (κ1) is 28.4. The molecule has 40 heavy (non-hydrogen) atoms. The van der Waals surface area contributed by atoms with Gasteiger partial charge in [-0.25, -0.2) is 4.79 Å². The molecule has 0 spiro atoms. The summed E-state index contributed by atoms with van der Waals surface area (Å²) in [7, 11) is 0. The van der Waals surface area contributed by atoms with Crippen molar-refractivity contribution in [3.8, 4) is 6.07 Å². The average Bonchev–Trinajstić information content (AvgIpc) is 2.95. The molecule has 11 heteroatoms. The summed E-state index contributed by atoms with van der Waals surface area (Å²) in [6, 6.07) is 23.8. The first-order chi connectivity index (χ1) is 19.3. The molecule has 1 heterocycles. The molecule has 9 nitrogen and oxygen atoms in total. The Hall–Kier alpha value is -4.59. The maximum absolute atomic E-state index is 13.3. The Morgan fingerprint density at radius 2 is 1.77 bits per heavy atom. The van der Waals surface area contributed by atoms with E-state index < -0.39 is 16.8 Å².